The van der Waals surface area contributed by atoms with Gasteiger partial charge in [0.2, 0.25) is 0 Å². The average Bonchev–Trinajstić information content (AvgIpc) is 3.05. The minimum Gasteiger partial charge on any atom is -0.490 e. The number of aromatic nitrogens is 3. The van der Waals surface area contributed by atoms with Gasteiger partial charge in [0.05, 0.1) is 19.3 Å². The number of nitrogens with zero attached hydrogens (tertiary/aromatic N) is 3. The molecule has 0 radical (unpaired) electrons. The molecule has 0 saturated carbocycles. The van der Waals surface area contributed by atoms with Crippen molar-refractivity contribution < 1.29 is 14.3 Å². The highest BCUT2D eigenvalue weighted by molar-refractivity contribution is 5.95. The lowest BCUT2D eigenvalue weighted by molar-refractivity contribution is 0.0937. The summed E-state index contributed by atoms with van der Waals surface area (Å²) in [6.45, 7) is 9.40. The molecule has 0 saturated heterocycles. The fourth-order valence-corrected chi connectivity index (χ4v) is 2.39. The molecule has 2 rings (SSSR count). The SMILES string of the molecule is CCOc1ccc(C(=O)NC(C)c2ncnn2CC)cc1OCC. The Bertz CT molecular complexity index is 684. The van der Waals surface area contributed by atoms with Crippen LogP contribution in [0.3, 0.4) is 0 Å². The van der Waals surface area contributed by atoms with Gasteiger partial charge in [0, 0.05) is 12.1 Å². The first kappa shape index (κ1) is 17.8. The number of nitrogens with one attached hydrogen (secondary N) is 1. The Kier molecular flexibility index (Phi) is 6.17. The molecule has 2 aromatic rings. The fraction of sp³-hybridized carbons (Fsp3) is 0.471. The van der Waals surface area contributed by atoms with E-state index in [-0.39, 0.29) is 11.9 Å². The number of hydrogen-bond donors (Lipinski definition) is 1. The molecule has 1 heterocycles. The van der Waals surface area contributed by atoms with Crippen molar-refractivity contribution in [3.63, 3.8) is 0 Å². The van der Waals surface area contributed by atoms with E-state index in [9.17, 15) is 4.79 Å². The Morgan fingerprint density at radius 1 is 1.21 bits per heavy atom. The van der Waals surface area contributed by atoms with E-state index in [1.165, 1.54) is 6.33 Å². The quantitative estimate of drug-likeness (QED) is 0.804. The third kappa shape index (κ3) is 4.04. The van der Waals surface area contributed by atoms with Crippen LogP contribution in [0.4, 0.5) is 0 Å². The van der Waals surface area contributed by atoms with Crippen LogP contribution in [0.15, 0.2) is 24.5 Å². The molecule has 0 aliphatic carbocycles. The Hall–Kier alpha value is -2.57. The summed E-state index contributed by atoms with van der Waals surface area (Å²) in [4.78, 5) is 16.7. The van der Waals surface area contributed by atoms with Crippen LogP contribution in [-0.2, 0) is 6.54 Å². The molecule has 0 bridgehead atoms. The van der Waals surface area contributed by atoms with Gasteiger partial charge in [0.15, 0.2) is 11.5 Å². The molecule has 0 aliphatic rings. The largest absolute Gasteiger partial charge is 0.490 e. The number of rotatable bonds is 8. The van der Waals surface area contributed by atoms with E-state index >= 15 is 0 Å². The number of benzene rings is 1. The summed E-state index contributed by atoms with van der Waals surface area (Å²) in [7, 11) is 0. The van der Waals surface area contributed by atoms with Gasteiger partial charge in [-0.3, -0.25) is 4.79 Å². The zero-order valence-electron chi connectivity index (χ0n) is 14.6. The maximum atomic E-state index is 12.5. The van der Waals surface area contributed by atoms with E-state index in [1.54, 1.807) is 22.9 Å². The van der Waals surface area contributed by atoms with Crippen LogP contribution >= 0.6 is 0 Å². The minimum absolute atomic E-state index is 0.197. The van der Waals surface area contributed by atoms with Crippen LogP contribution in [0.5, 0.6) is 11.5 Å². The second-order valence-electron chi connectivity index (χ2n) is 5.16. The van der Waals surface area contributed by atoms with Gasteiger partial charge in [-0.25, -0.2) is 9.67 Å². The molecule has 0 fully saturated rings. The molecule has 1 amide bonds. The molecule has 0 aliphatic heterocycles. The second-order valence-corrected chi connectivity index (χ2v) is 5.16. The normalized spacial score (nSPS) is 11.8. The lowest BCUT2D eigenvalue weighted by atomic mass is 10.1. The topological polar surface area (TPSA) is 78.3 Å². The highest BCUT2D eigenvalue weighted by Crippen LogP contribution is 2.28. The fourth-order valence-electron chi connectivity index (χ4n) is 2.39. The van der Waals surface area contributed by atoms with Crippen LogP contribution in [0.1, 0.15) is 49.9 Å². The number of amides is 1. The number of ether oxygens (including phenoxy) is 2. The first-order chi connectivity index (χ1) is 11.6. The van der Waals surface area contributed by atoms with Gasteiger partial charge >= 0.3 is 0 Å². The van der Waals surface area contributed by atoms with Crippen LogP contribution in [0.25, 0.3) is 0 Å². The predicted octanol–water partition coefficient (Wildman–Crippen LogP) is 2.59. The third-order valence-corrected chi connectivity index (χ3v) is 3.49. The number of aryl methyl sites for hydroxylation is 1. The molecule has 0 spiro atoms. The van der Waals surface area contributed by atoms with E-state index in [2.05, 4.69) is 15.4 Å². The molecule has 130 valence electrons. The summed E-state index contributed by atoms with van der Waals surface area (Å²) in [6, 6.07) is 4.92. The number of carbonyl (C=O) groups is 1. The Morgan fingerprint density at radius 2 is 1.92 bits per heavy atom. The van der Waals surface area contributed by atoms with Crippen LogP contribution in [-0.4, -0.2) is 33.9 Å². The van der Waals surface area contributed by atoms with Crippen molar-refractivity contribution in [2.75, 3.05) is 13.2 Å². The maximum absolute atomic E-state index is 12.5. The van der Waals surface area contributed by atoms with Crippen molar-refractivity contribution in [3.8, 4) is 11.5 Å². The minimum atomic E-state index is -0.248. The maximum Gasteiger partial charge on any atom is 0.252 e. The van der Waals surface area contributed by atoms with Gasteiger partial charge < -0.3 is 14.8 Å². The molecule has 7 heteroatoms. The van der Waals surface area contributed by atoms with E-state index in [1.807, 2.05) is 27.7 Å². The first-order valence-electron chi connectivity index (χ1n) is 8.18. The van der Waals surface area contributed by atoms with E-state index in [4.69, 9.17) is 9.47 Å². The van der Waals surface area contributed by atoms with Gasteiger partial charge in [-0.1, -0.05) is 0 Å². The monoisotopic (exact) mass is 332 g/mol. The number of carbonyl (C=O) groups excluding carboxylic acids is 1. The summed E-state index contributed by atoms with van der Waals surface area (Å²) in [5.74, 6) is 1.73. The number of hydrogen-bond acceptors (Lipinski definition) is 5. The average molecular weight is 332 g/mol. The lowest BCUT2D eigenvalue weighted by Gasteiger charge is -2.15. The molecule has 24 heavy (non-hydrogen) atoms. The van der Waals surface area contributed by atoms with E-state index < -0.39 is 0 Å². The zero-order chi connectivity index (χ0) is 17.5. The van der Waals surface area contributed by atoms with Crippen molar-refractivity contribution in [1.82, 2.24) is 20.1 Å². The molecule has 1 N–H and O–H groups in total. The first-order valence-corrected chi connectivity index (χ1v) is 8.18. The van der Waals surface area contributed by atoms with Crippen molar-refractivity contribution >= 4 is 5.91 Å². The van der Waals surface area contributed by atoms with Gasteiger partial charge in [0.25, 0.3) is 5.91 Å². The Morgan fingerprint density at radius 3 is 2.58 bits per heavy atom. The molecule has 1 aromatic carbocycles. The van der Waals surface area contributed by atoms with Gasteiger partial charge in [-0.15, -0.1) is 0 Å². The zero-order valence-corrected chi connectivity index (χ0v) is 14.6. The second kappa shape index (κ2) is 8.33. The summed E-state index contributed by atoms with van der Waals surface area (Å²) < 4.78 is 12.8. The van der Waals surface area contributed by atoms with E-state index in [0.29, 0.717) is 36.8 Å². The third-order valence-electron chi connectivity index (χ3n) is 3.49. The van der Waals surface area contributed by atoms with Gasteiger partial charge in [0.1, 0.15) is 12.2 Å². The molecular formula is C17H24N4O3. The van der Waals surface area contributed by atoms with Crippen LogP contribution < -0.4 is 14.8 Å². The van der Waals surface area contributed by atoms with Crippen molar-refractivity contribution in [2.24, 2.45) is 0 Å². The molecular weight excluding hydrogens is 308 g/mol. The standard InChI is InChI=1S/C17H24N4O3/c1-5-21-16(18-11-19-21)12(4)20-17(22)13-8-9-14(23-6-2)15(10-13)24-7-3/h8-12H,5-7H2,1-4H3,(H,20,22). The smallest absolute Gasteiger partial charge is 0.252 e. The van der Waals surface area contributed by atoms with Crippen LogP contribution in [0, 0.1) is 0 Å². The Labute approximate surface area is 142 Å². The summed E-state index contributed by atoms with van der Waals surface area (Å²) in [6.07, 6.45) is 1.49. The predicted molar refractivity (Wildman–Crippen MR) is 90.4 cm³/mol. The summed E-state index contributed by atoms with van der Waals surface area (Å²) >= 11 is 0. The Balaban J connectivity index is 2.15. The highest BCUT2D eigenvalue weighted by atomic mass is 16.5. The van der Waals surface area contributed by atoms with Gasteiger partial charge in [-0.05, 0) is 45.9 Å². The summed E-state index contributed by atoms with van der Waals surface area (Å²) in [5.41, 5.74) is 0.510. The summed E-state index contributed by atoms with van der Waals surface area (Å²) in [5, 5.41) is 7.06. The molecule has 7 nitrogen and oxygen atoms in total. The van der Waals surface area contributed by atoms with Crippen molar-refractivity contribution in [3.05, 3.63) is 35.9 Å². The molecule has 1 unspecified atom stereocenters. The van der Waals surface area contributed by atoms with E-state index in [0.717, 1.165) is 5.82 Å². The molecule has 1 aromatic heterocycles. The van der Waals surface area contributed by atoms with Crippen molar-refractivity contribution in [2.45, 2.75) is 40.3 Å². The van der Waals surface area contributed by atoms with Crippen molar-refractivity contribution in [1.29, 1.82) is 0 Å². The van der Waals surface area contributed by atoms with Gasteiger partial charge in [-0.2, -0.15) is 5.10 Å². The molecule has 1 atom stereocenters. The highest BCUT2D eigenvalue weighted by Gasteiger charge is 2.17. The van der Waals surface area contributed by atoms with Crippen LogP contribution in [0.2, 0.25) is 0 Å². The lowest BCUT2D eigenvalue weighted by Crippen LogP contribution is -2.28.